The van der Waals surface area contributed by atoms with Gasteiger partial charge in [0.1, 0.15) is 0 Å². The van der Waals surface area contributed by atoms with Crippen LogP contribution in [0.3, 0.4) is 0 Å². The first kappa shape index (κ1) is 16.6. The molecule has 0 aliphatic carbocycles. The number of rotatable bonds is 1. The van der Waals surface area contributed by atoms with Gasteiger partial charge in [-0.3, -0.25) is 0 Å². The van der Waals surface area contributed by atoms with Gasteiger partial charge in [0, 0.05) is 12.2 Å². The van der Waals surface area contributed by atoms with Crippen molar-refractivity contribution in [3.05, 3.63) is 66.8 Å². The van der Waals surface area contributed by atoms with Crippen molar-refractivity contribution in [2.75, 3.05) is 0 Å². The van der Waals surface area contributed by atoms with E-state index in [1.165, 1.54) is 11.1 Å². The summed E-state index contributed by atoms with van der Waals surface area (Å²) < 4.78 is 3.97. The molecule has 3 heteroatoms. The maximum atomic E-state index is 9.92. The molecule has 0 atom stereocenters. The maximum Gasteiger partial charge on any atom is 0.338 e. The van der Waals surface area contributed by atoms with Gasteiger partial charge in [-0.05, 0) is 19.4 Å². The topological polar surface area (TPSA) is 43.4 Å². The molecule has 0 unspecified atom stereocenters. The highest BCUT2D eigenvalue weighted by atomic mass is 16.6. The van der Waals surface area contributed by atoms with Crippen molar-refractivity contribution in [2.24, 2.45) is 0 Å². The molecule has 1 aliphatic rings. The highest BCUT2D eigenvalue weighted by Gasteiger charge is 2.10. The second-order valence-electron chi connectivity index (χ2n) is 3.90. The van der Waals surface area contributed by atoms with Crippen LogP contribution in [-0.2, 0) is 14.3 Å². The van der Waals surface area contributed by atoms with E-state index in [-0.39, 0.29) is 0 Å². The first-order valence-corrected chi connectivity index (χ1v) is 5.69. The van der Waals surface area contributed by atoms with E-state index in [1.807, 2.05) is 50.3 Å². The number of benzene rings is 1. The second kappa shape index (κ2) is 9.59. The van der Waals surface area contributed by atoms with Crippen LogP contribution >= 0.6 is 0 Å². The van der Waals surface area contributed by atoms with E-state index in [0.29, 0.717) is 0 Å². The molecule has 0 saturated heterocycles. The van der Waals surface area contributed by atoms with E-state index in [4.69, 9.17) is 0 Å². The van der Waals surface area contributed by atoms with Crippen molar-refractivity contribution in [3.8, 4) is 0 Å². The largest absolute Gasteiger partial charge is 0.387 e. The van der Waals surface area contributed by atoms with Crippen LogP contribution in [-0.4, -0.2) is 11.9 Å². The van der Waals surface area contributed by atoms with Gasteiger partial charge in [-0.25, -0.2) is 9.59 Å². The molecule has 0 bridgehead atoms. The normalized spacial score (nSPS) is 11.5. The molecule has 0 radical (unpaired) electrons. The van der Waals surface area contributed by atoms with Gasteiger partial charge in [0.15, 0.2) is 0 Å². The Hall–Kier alpha value is -2.42. The summed E-state index contributed by atoms with van der Waals surface area (Å²) in [5.41, 5.74) is 2.34. The van der Waals surface area contributed by atoms with Crippen molar-refractivity contribution in [1.82, 2.24) is 0 Å². The predicted octanol–water partition coefficient (Wildman–Crippen LogP) is 3.54. The number of hydrogen-bond donors (Lipinski definition) is 0. The Kier molecular flexibility index (Phi) is 8.37. The van der Waals surface area contributed by atoms with Crippen molar-refractivity contribution in [3.63, 3.8) is 0 Å². The van der Waals surface area contributed by atoms with Crippen LogP contribution in [0.4, 0.5) is 0 Å². The van der Waals surface area contributed by atoms with Crippen LogP contribution in [0.2, 0.25) is 0 Å². The van der Waals surface area contributed by atoms with Gasteiger partial charge >= 0.3 is 11.9 Å². The lowest BCUT2D eigenvalue weighted by Crippen LogP contribution is -1.96. The smallest absolute Gasteiger partial charge is 0.338 e. The number of ether oxygens (including phenoxy) is 1. The van der Waals surface area contributed by atoms with E-state index in [1.54, 1.807) is 0 Å². The number of carbonyl (C=O) groups excluding carboxylic acids is 2. The zero-order valence-electron chi connectivity index (χ0n) is 11.3. The third kappa shape index (κ3) is 10.5. The van der Waals surface area contributed by atoms with Crippen molar-refractivity contribution in [2.45, 2.75) is 13.8 Å². The van der Waals surface area contributed by atoms with Crippen LogP contribution in [0, 0.1) is 0 Å². The highest BCUT2D eigenvalue weighted by Crippen LogP contribution is 1.97. The Morgan fingerprint density at radius 1 is 1.05 bits per heavy atom. The Morgan fingerprint density at radius 2 is 1.47 bits per heavy atom. The molecule has 0 saturated carbocycles. The summed E-state index contributed by atoms with van der Waals surface area (Å²) in [7, 11) is 0. The van der Waals surface area contributed by atoms with E-state index >= 15 is 0 Å². The van der Waals surface area contributed by atoms with Gasteiger partial charge in [-0.2, -0.15) is 0 Å². The Balaban J connectivity index is 0.000000272. The average Bonchev–Trinajstić information content (AvgIpc) is 2.74. The van der Waals surface area contributed by atoms with E-state index in [9.17, 15) is 9.59 Å². The predicted molar refractivity (Wildman–Crippen MR) is 77.3 cm³/mol. The molecule has 0 spiro atoms. The first-order chi connectivity index (χ1) is 8.95. The zero-order chi connectivity index (χ0) is 14.7. The van der Waals surface area contributed by atoms with Crippen LogP contribution < -0.4 is 0 Å². The summed E-state index contributed by atoms with van der Waals surface area (Å²) in [6.45, 7) is 11.1. The van der Waals surface area contributed by atoms with Gasteiger partial charge in [0.2, 0.25) is 0 Å². The van der Waals surface area contributed by atoms with Crippen molar-refractivity contribution < 1.29 is 14.3 Å². The van der Waals surface area contributed by atoms with Crippen LogP contribution in [0.1, 0.15) is 19.4 Å². The lowest BCUT2D eigenvalue weighted by Gasteiger charge is -1.85. The summed E-state index contributed by atoms with van der Waals surface area (Å²) in [5.74, 6) is -1.16. The minimum absolute atomic E-state index is 0.579. The van der Waals surface area contributed by atoms with Gasteiger partial charge in [-0.1, -0.05) is 48.6 Å². The number of allylic oxidation sites excluding steroid dienone is 1. The fourth-order valence-corrected chi connectivity index (χ4v) is 0.892. The minimum Gasteiger partial charge on any atom is -0.387 e. The second-order valence-corrected chi connectivity index (χ2v) is 3.90. The third-order valence-corrected chi connectivity index (χ3v) is 1.59. The van der Waals surface area contributed by atoms with Crippen molar-refractivity contribution >= 4 is 18.0 Å². The van der Waals surface area contributed by atoms with E-state index in [2.05, 4.69) is 17.9 Å². The number of cyclic esters (lactones) is 2. The molecule has 1 aliphatic heterocycles. The molecule has 0 amide bonds. The molecule has 1 aromatic rings. The zero-order valence-corrected chi connectivity index (χ0v) is 11.3. The monoisotopic (exact) mass is 258 g/mol. The van der Waals surface area contributed by atoms with Crippen LogP contribution in [0.5, 0.6) is 0 Å². The SMILES string of the molecule is C=C(C)C.C=Cc1ccccc1.O=C1C=CC(=O)O1. The fraction of sp³-hybridized carbons (Fsp3) is 0.125. The van der Waals surface area contributed by atoms with Crippen molar-refractivity contribution in [1.29, 1.82) is 0 Å². The third-order valence-electron chi connectivity index (χ3n) is 1.59. The minimum atomic E-state index is -0.579. The molecular weight excluding hydrogens is 240 g/mol. The standard InChI is InChI=1S/C8H8.C4H2O3.C4H8/c1-2-8-6-4-3-5-7-8;5-3-1-2-4(6)7-3;1-4(2)3/h2-7H,1H2;1-2H;1H2,2-3H3. The summed E-state index contributed by atoms with van der Waals surface area (Å²) in [4.78, 5) is 19.8. The van der Waals surface area contributed by atoms with E-state index in [0.717, 1.165) is 12.2 Å². The molecule has 1 heterocycles. The molecule has 3 nitrogen and oxygen atoms in total. The number of carbonyl (C=O) groups is 2. The van der Waals surface area contributed by atoms with Crippen LogP contribution in [0.15, 0.2) is 61.2 Å². The summed E-state index contributed by atoms with van der Waals surface area (Å²) in [6.07, 6.45) is 4.00. The Labute approximate surface area is 113 Å². The molecule has 0 N–H and O–H groups in total. The quantitative estimate of drug-likeness (QED) is 0.439. The van der Waals surface area contributed by atoms with Gasteiger partial charge in [0.05, 0.1) is 0 Å². The first-order valence-electron chi connectivity index (χ1n) is 5.69. The van der Waals surface area contributed by atoms with Gasteiger partial charge < -0.3 is 4.74 Å². The van der Waals surface area contributed by atoms with Gasteiger partial charge in [-0.15, -0.1) is 6.58 Å². The summed E-state index contributed by atoms with van der Waals surface area (Å²) in [6, 6.07) is 10.0. The van der Waals surface area contributed by atoms with Crippen LogP contribution in [0.25, 0.3) is 6.08 Å². The average molecular weight is 258 g/mol. The Bertz CT molecular complexity index is 450. The number of hydrogen-bond acceptors (Lipinski definition) is 3. The maximum absolute atomic E-state index is 9.92. The summed E-state index contributed by atoms with van der Waals surface area (Å²) in [5, 5.41) is 0. The Morgan fingerprint density at radius 3 is 1.68 bits per heavy atom. The fourth-order valence-electron chi connectivity index (χ4n) is 0.892. The van der Waals surface area contributed by atoms with E-state index < -0.39 is 11.9 Å². The summed E-state index contributed by atoms with van der Waals surface area (Å²) >= 11 is 0. The lowest BCUT2D eigenvalue weighted by atomic mass is 10.2. The molecule has 2 rings (SSSR count). The molecule has 1 aromatic carbocycles. The highest BCUT2D eigenvalue weighted by molar-refractivity contribution is 6.04. The molecule has 19 heavy (non-hydrogen) atoms. The van der Waals surface area contributed by atoms with Gasteiger partial charge in [0.25, 0.3) is 0 Å². The molecule has 0 fully saturated rings. The lowest BCUT2D eigenvalue weighted by molar-refractivity contribution is -0.150. The molecule has 100 valence electrons. The molecule has 0 aromatic heterocycles. The number of esters is 2. The molecular formula is C16H18O3.